The Morgan fingerprint density at radius 2 is 2.00 bits per heavy atom. The summed E-state index contributed by atoms with van der Waals surface area (Å²) >= 11 is 13.4. The van der Waals surface area contributed by atoms with Gasteiger partial charge in [0.15, 0.2) is 11.0 Å². The van der Waals surface area contributed by atoms with E-state index >= 15 is 0 Å². The molecule has 0 aliphatic heterocycles. The molecule has 3 aromatic rings. The van der Waals surface area contributed by atoms with Crippen molar-refractivity contribution in [2.45, 2.75) is 18.6 Å². The van der Waals surface area contributed by atoms with Crippen LogP contribution in [0, 0.1) is 6.92 Å². The molecule has 5 nitrogen and oxygen atoms in total. The minimum atomic E-state index is -0.132. The summed E-state index contributed by atoms with van der Waals surface area (Å²) in [7, 11) is 0. The van der Waals surface area contributed by atoms with E-state index < -0.39 is 0 Å². The molecule has 0 atom stereocenters. The number of aromatic nitrogens is 3. The van der Waals surface area contributed by atoms with Crippen molar-refractivity contribution in [2.75, 3.05) is 11.1 Å². The summed E-state index contributed by atoms with van der Waals surface area (Å²) in [6.07, 6.45) is 1.76. The lowest BCUT2D eigenvalue weighted by molar-refractivity contribution is -0.113. The van der Waals surface area contributed by atoms with E-state index in [1.807, 2.05) is 35.8 Å². The zero-order valence-electron chi connectivity index (χ0n) is 15.2. The summed E-state index contributed by atoms with van der Waals surface area (Å²) in [5.41, 5.74) is 2.50. The summed E-state index contributed by atoms with van der Waals surface area (Å²) < 4.78 is 1.91. The number of amides is 1. The van der Waals surface area contributed by atoms with Crippen LogP contribution < -0.4 is 5.32 Å². The second-order valence-corrected chi connectivity index (χ2v) is 7.83. The minimum absolute atomic E-state index is 0.132. The van der Waals surface area contributed by atoms with Crippen molar-refractivity contribution >= 4 is 46.6 Å². The molecule has 0 radical (unpaired) electrons. The Hall–Kier alpha value is -2.28. The van der Waals surface area contributed by atoms with Crippen LogP contribution in [0.2, 0.25) is 10.0 Å². The number of thioether (sulfide) groups is 1. The van der Waals surface area contributed by atoms with Gasteiger partial charge in [0, 0.05) is 27.8 Å². The molecule has 0 spiro atoms. The zero-order valence-corrected chi connectivity index (χ0v) is 17.5. The van der Waals surface area contributed by atoms with Gasteiger partial charge in [-0.3, -0.25) is 9.36 Å². The third-order valence-corrected chi connectivity index (χ3v) is 5.34. The van der Waals surface area contributed by atoms with Gasteiger partial charge in [-0.25, -0.2) is 0 Å². The maximum absolute atomic E-state index is 12.4. The highest BCUT2D eigenvalue weighted by Gasteiger charge is 2.15. The fourth-order valence-electron chi connectivity index (χ4n) is 2.61. The standard InChI is InChI=1S/C20H18Cl2N4OS/c1-3-9-26-19(14-5-4-6-15(21)11-14)24-25-20(26)28-12-18(27)23-17-8-7-16(22)10-13(17)2/h3-8,10-11H,1,9,12H2,2H3,(H,23,27). The lowest BCUT2D eigenvalue weighted by Crippen LogP contribution is -2.15. The van der Waals surface area contributed by atoms with Crippen LogP contribution in [0.4, 0.5) is 5.69 Å². The van der Waals surface area contributed by atoms with E-state index in [1.165, 1.54) is 11.8 Å². The van der Waals surface area contributed by atoms with E-state index in [-0.39, 0.29) is 11.7 Å². The molecular weight excluding hydrogens is 415 g/mol. The molecule has 0 fully saturated rings. The molecule has 28 heavy (non-hydrogen) atoms. The highest BCUT2D eigenvalue weighted by molar-refractivity contribution is 7.99. The maximum Gasteiger partial charge on any atom is 0.234 e. The normalized spacial score (nSPS) is 10.7. The van der Waals surface area contributed by atoms with Gasteiger partial charge in [-0.2, -0.15) is 0 Å². The number of anilines is 1. The van der Waals surface area contributed by atoms with Gasteiger partial charge in [-0.05, 0) is 42.8 Å². The highest BCUT2D eigenvalue weighted by Crippen LogP contribution is 2.26. The predicted molar refractivity (Wildman–Crippen MR) is 116 cm³/mol. The monoisotopic (exact) mass is 432 g/mol. The molecule has 0 aliphatic rings. The smallest absolute Gasteiger partial charge is 0.234 e. The number of hydrogen-bond donors (Lipinski definition) is 1. The second-order valence-electron chi connectivity index (χ2n) is 6.01. The molecule has 0 saturated heterocycles. The van der Waals surface area contributed by atoms with Crippen molar-refractivity contribution in [3.8, 4) is 11.4 Å². The van der Waals surface area contributed by atoms with Crippen LogP contribution >= 0.6 is 35.0 Å². The molecule has 1 aromatic heterocycles. The van der Waals surface area contributed by atoms with Gasteiger partial charge in [0.1, 0.15) is 0 Å². The minimum Gasteiger partial charge on any atom is -0.325 e. The van der Waals surface area contributed by atoms with Crippen molar-refractivity contribution in [1.82, 2.24) is 14.8 Å². The fourth-order valence-corrected chi connectivity index (χ4v) is 3.78. The molecule has 3 rings (SSSR count). The van der Waals surface area contributed by atoms with Gasteiger partial charge in [-0.15, -0.1) is 16.8 Å². The topological polar surface area (TPSA) is 59.8 Å². The van der Waals surface area contributed by atoms with E-state index in [0.717, 1.165) is 16.8 Å². The zero-order chi connectivity index (χ0) is 20.1. The molecule has 2 aromatic carbocycles. The number of benzene rings is 2. The number of carbonyl (C=O) groups is 1. The predicted octanol–water partition coefficient (Wildman–Crippen LogP) is 5.48. The average molecular weight is 433 g/mol. The Balaban J connectivity index is 1.73. The van der Waals surface area contributed by atoms with Gasteiger partial charge in [-0.1, -0.05) is 53.2 Å². The number of aryl methyl sites for hydroxylation is 1. The van der Waals surface area contributed by atoms with Gasteiger partial charge in [0.2, 0.25) is 5.91 Å². The Morgan fingerprint density at radius 1 is 1.21 bits per heavy atom. The first-order valence-electron chi connectivity index (χ1n) is 8.46. The van der Waals surface area contributed by atoms with Gasteiger partial charge in [0.05, 0.1) is 5.75 Å². The summed E-state index contributed by atoms with van der Waals surface area (Å²) in [4.78, 5) is 12.4. The van der Waals surface area contributed by atoms with E-state index in [1.54, 1.807) is 24.3 Å². The third-order valence-electron chi connectivity index (χ3n) is 3.91. The highest BCUT2D eigenvalue weighted by atomic mass is 35.5. The van der Waals surface area contributed by atoms with Crippen LogP contribution in [-0.2, 0) is 11.3 Å². The van der Waals surface area contributed by atoms with Crippen molar-refractivity contribution < 1.29 is 4.79 Å². The molecule has 1 heterocycles. The number of rotatable bonds is 7. The van der Waals surface area contributed by atoms with Gasteiger partial charge < -0.3 is 5.32 Å². The Labute approximate surface area is 177 Å². The van der Waals surface area contributed by atoms with Crippen LogP contribution in [0.25, 0.3) is 11.4 Å². The van der Waals surface area contributed by atoms with E-state index in [9.17, 15) is 4.79 Å². The van der Waals surface area contributed by atoms with Crippen LogP contribution in [0.1, 0.15) is 5.56 Å². The summed E-state index contributed by atoms with van der Waals surface area (Å²) in [6, 6.07) is 12.8. The summed E-state index contributed by atoms with van der Waals surface area (Å²) in [6.45, 7) is 6.21. The van der Waals surface area contributed by atoms with Crippen LogP contribution in [0.3, 0.4) is 0 Å². The summed E-state index contributed by atoms with van der Waals surface area (Å²) in [5.74, 6) is 0.749. The SMILES string of the molecule is C=CCn1c(SCC(=O)Nc2ccc(Cl)cc2C)nnc1-c1cccc(Cl)c1. The molecule has 0 unspecified atom stereocenters. The summed E-state index contributed by atoms with van der Waals surface area (Å²) in [5, 5.41) is 13.3. The first kappa shape index (κ1) is 20.5. The van der Waals surface area contributed by atoms with Crippen molar-refractivity contribution in [3.63, 3.8) is 0 Å². The van der Waals surface area contributed by atoms with Crippen LogP contribution in [0.15, 0.2) is 60.3 Å². The molecule has 0 bridgehead atoms. The third kappa shape index (κ3) is 4.95. The average Bonchev–Trinajstić information content (AvgIpc) is 3.05. The number of hydrogen-bond acceptors (Lipinski definition) is 4. The number of nitrogens with one attached hydrogen (secondary N) is 1. The lowest BCUT2D eigenvalue weighted by Gasteiger charge is -2.10. The Morgan fingerprint density at radius 3 is 2.71 bits per heavy atom. The first-order valence-corrected chi connectivity index (χ1v) is 10.2. The quantitative estimate of drug-likeness (QED) is 0.396. The number of halogens is 2. The lowest BCUT2D eigenvalue weighted by atomic mass is 10.2. The van der Waals surface area contributed by atoms with E-state index in [4.69, 9.17) is 23.2 Å². The Kier molecular flexibility index (Phi) is 6.78. The molecule has 144 valence electrons. The van der Waals surface area contributed by atoms with Gasteiger partial charge in [0.25, 0.3) is 0 Å². The van der Waals surface area contributed by atoms with Crippen molar-refractivity contribution in [3.05, 3.63) is 70.7 Å². The molecule has 0 saturated carbocycles. The van der Waals surface area contributed by atoms with Crippen molar-refractivity contribution in [1.29, 1.82) is 0 Å². The molecule has 1 amide bonds. The number of nitrogens with zero attached hydrogens (tertiary/aromatic N) is 3. The van der Waals surface area contributed by atoms with Crippen LogP contribution in [0.5, 0.6) is 0 Å². The van der Waals surface area contributed by atoms with Crippen LogP contribution in [-0.4, -0.2) is 26.4 Å². The number of carbonyl (C=O) groups excluding carboxylic acids is 1. The van der Waals surface area contributed by atoms with Gasteiger partial charge >= 0.3 is 0 Å². The van der Waals surface area contributed by atoms with E-state index in [0.29, 0.717) is 27.6 Å². The first-order chi connectivity index (χ1) is 13.5. The molecule has 0 aliphatic carbocycles. The molecule has 1 N–H and O–H groups in total. The fraction of sp³-hybridized carbons (Fsp3) is 0.150. The Bertz CT molecular complexity index is 1020. The number of allylic oxidation sites excluding steroid dienone is 1. The van der Waals surface area contributed by atoms with Crippen molar-refractivity contribution in [2.24, 2.45) is 0 Å². The molecular formula is C20H18Cl2N4OS. The largest absolute Gasteiger partial charge is 0.325 e. The molecule has 8 heteroatoms. The maximum atomic E-state index is 12.4. The van der Waals surface area contributed by atoms with E-state index in [2.05, 4.69) is 22.1 Å². The second kappa shape index (κ2) is 9.28.